The van der Waals surface area contributed by atoms with Crippen LogP contribution in [0.3, 0.4) is 0 Å². The molecule has 0 heterocycles. The van der Waals surface area contributed by atoms with Gasteiger partial charge >= 0.3 is 78.9 Å². The van der Waals surface area contributed by atoms with Gasteiger partial charge in [-0.2, -0.15) is 0 Å². The van der Waals surface area contributed by atoms with Gasteiger partial charge in [0.15, 0.2) is 0 Å². The molecular formula is C7H7AsCl2O. The maximum atomic E-state index is 5.79. The third-order valence-corrected chi connectivity index (χ3v) is 4.68. The normalized spacial score (nSPS) is 10.2. The minimum atomic E-state index is -1.77. The van der Waals surface area contributed by atoms with Crippen LogP contribution in [0.4, 0.5) is 0 Å². The molecule has 0 unspecified atom stereocenters. The fourth-order valence-corrected chi connectivity index (χ4v) is 2.70. The van der Waals surface area contributed by atoms with Gasteiger partial charge in [-0.05, 0) is 0 Å². The first-order valence-electron chi connectivity index (χ1n) is 3.00. The molecule has 0 saturated carbocycles. The second-order valence-electron chi connectivity index (χ2n) is 1.93. The average molecular weight is 253 g/mol. The van der Waals surface area contributed by atoms with Gasteiger partial charge in [-0.1, -0.05) is 0 Å². The Hall–Kier alpha value is 0.158. The van der Waals surface area contributed by atoms with Crippen LogP contribution >= 0.6 is 19.9 Å². The number of halogens is 2. The first kappa shape index (κ1) is 9.25. The van der Waals surface area contributed by atoms with Crippen molar-refractivity contribution in [3.05, 3.63) is 24.3 Å². The van der Waals surface area contributed by atoms with Gasteiger partial charge in [-0.25, -0.2) is 0 Å². The molecule has 1 aromatic rings. The third kappa shape index (κ3) is 2.59. The van der Waals surface area contributed by atoms with Crippen LogP contribution in [0.1, 0.15) is 0 Å². The van der Waals surface area contributed by atoms with E-state index in [-0.39, 0.29) is 0 Å². The van der Waals surface area contributed by atoms with Crippen LogP contribution in [0.5, 0.6) is 5.75 Å². The summed E-state index contributed by atoms with van der Waals surface area (Å²) < 4.78 is 6.01. The van der Waals surface area contributed by atoms with Crippen molar-refractivity contribution < 1.29 is 4.74 Å². The quantitative estimate of drug-likeness (QED) is 0.731. The van der Waals surface area contributed by atoms with E-state index >= 15 is 0 Å². The molecule has 0 aliphatic heterocycles. The predicted molar refractivity (Wildman–Crippen MR) is 50.1 cm³/mol. The second kappa shape index (κ2) is 4.25. The third-order valence-electron chi connectivity index (χ3n) is 1.25. The second-order valence-corrected chi connectivity index (χ2v) is 8.41. The molecule has 11 heavy (non-hydrogen) atoms. The van der Waals surface area contributed by atoms with Crippen LogP contribution in [0, 0.1) is 0 Å². The molecule has 0 saturated heterocycles. The number of methoxy groups -OCH3 is 1. The van der Waals surface area contributed by atoms with Gasteiger partial charge in [0.1, 0.15) is 0 Å². The van der Waals surface area contributed by atoms with Gasteiger partial charge in [0.2, 0.25) is 0 Å². The molecule has 1 nitrogen and oxygen atoms in total. The molecule has 1 rings (SSSR count). The first-order chi connectivity index (χ1) is 5.24. The zero-order chi connectivity index (χ0) is 8.27. The van der Waals surface area contributed by atoms with E-state index in [0.29, 0.717) is 0 Å². The van der Waals surface area contributed by atoms with Crippen molar-refractivity contribution in [2.45, 2.75) is 0 Å². The van der Waals surface area contributed by atoms with E-state index in [4.69, 9.17) is 24.6 Å². The van der Waals surface area contributed by atoms with Gasteiger partial charge in [0, 0.05) is 0 Å². The van der Waals surface area contributed by atoms with Crippen LogP contribution in [0.15, 0.2) is 24.3 Å². The van der Waals surface area contributed by atoms with Crippen molar-refractivity contribution >= 4 is 37.0 Å². The van der Waals surface area contributed by atoms with Crippen molar-refractivity contribution in [3.63, 3.8) is 0 Å². The summed E-state index contributed by atoms with van der Waals surface area (Å²) in [5.41, 5.74) is 0. The van der Waals surface area contributed by atoms with E-state index in [9.17, 15) is 0 Å². The van der Waals surface area contributed by atoms with Gasteiger partial charge in [0.25, 0.3) is 0 Å². The molecule has 0 N–H and O–H groups in total. The number of hydrogen-bond acceptors (Lipinski definition) is 1. The number of benzene rings is 1. The van der Waals surface area contributed by atoms with Gasteiger partial charge in [0.05, 0.1) is 0 Å². The Morgan fingerprint density at radius 2 is 2.09 bits per heavy atom. The van der Waals surface area contributed by atoms with Gasteiger partial charge in [-0.15, -0.1) is 0 Å². The maximum absolute atomic E-state index is 5.79. The Labute approximate surface area is 78.8 Å². The van der Waals surface area contributed by atoms with Crippen molar-refractivity contribution in [1.82, 2.24) is 0 Å². The molecular weight excluding hydrogens is 246 g/mol. The molecule has 0 aromatic heterocycles. The van der Waals surface area contributed by atoms with Crippen LogP contribution in [-0.4, -0.2) is 19.9 Å². The standard InChI is InChI=1S/C7H7AsCl2O/c1-11-7-4-2-3-6(5-7)8(9)10/h2-5H,1H3. The Morgan fingerprint density at radius 1 is 1.36 bits per heavy atom. The van der Waals surface area contributed by atoms with E-state index in [1.807, 2.05) is 24.3 Å². The van der Waals surface area contributed by atoms with E-state index in [1.165, 1.54) is 0 Å². The van der Waals surface area contributed by atoms with E-state index < -0.39 is 12.8 Å². The van der Waals surface area contributed by atoms with Gasteiger partial charge < -0.3 is 0 Å². The zero-order valence-corrected chi connectivity index (χ0v) is 9.31. The van der Waals surface area contributed by atoms with Crippen molar-refractivity contribution in [2.24, 2.45) is 0 Å². The summed E-state index contributed by atoms with van der Waals surface area (Å²) in [5, 5.41) is 0. The SMILES string of the molecule is COc1cccc([As](Cl)Cl)c1. The van der Waals surface area contributed by atoms with E-state index in [1.54, 1.807) is 7.11 Å². The Morgan fingerprint density at radius 3 is 2.64 bits per heavy atom. The predicted octanol–water partition coefficient (Wildman–Crippen LogP) is 1.87. The number of hydrogen-bond donors (Lipinski definition) is 0. The fraction of sp³-hybridized carbons (Fsp3) is 0.143. The summed E-state index contributed by atoms with van der Waals surface area (Å²) in [4.78, 5) is 0. The monoisotopic (exact) mass is 252 g/mol. The van der Waals surface area contributed by atoms with Crippen LogP contribution in [0.25, 0.3) is 0 Å². The number of ether oxygens (including phenoxy) is 1. The van der Waals surface area contributed by atoms with Crippen molar-refractivity contribution in [2.75, 3.05) is 7.11 Å². The zero-order valence-electron chi connectivity index (χ0n) is 5.92. The molecule has 0 aliphatic carbocycles. The molecule has 0 atom stereocenters. The van der Waals surface area contributed by atoms with Crippen molar-refractivity contribution in [1.29, 1.82) is 0 Å². The Balaban J connectivity index is 2.91. The number of rotatable bonds is 2. The molecule has 0 amide bonds. The average Bonchev–Trinajstić information content (AvgIpc) is 2.05. The molecule has 0 bridgehead atoms. The van der Waals surface area contributed by atoms with Gasteiger partial charge in [-0.3, -0.25) is 0 Å². The molecule has 0 fully saturated rings. The van der Waals surface area contributed by atoms with E-state index in [0.717, 1.165) is 10.1 Å². The molecule has 0 radical (unpaired) electrons. The molecule has 60 valence electrons. The van der Waals surface area contributed by atoms with Crippen molar-refractivity contribution in [3.8, 4) is 5.75 Å². The summed E-state index contributed by atoms with van der Waals surface area (Å²) >= 11 is -1.77. The minimum absolute atomic E-state index is 0.808. The topological polar surface area (TPSA) is 9.23 Å². The van der Waals surface area contributed by atoms with Crippen LogP contribution in [0.2, 0.25) is 0 Å². The Kier molecular flexibility index (Phi) is 3.57. The first-order valence-corrected chi connectivity index (χ1v) is 8.87. The summed E-state index contributed by atoms with van der Waals surface area (Å²) in [6.45, 7) is 0. The molecule has 4 heteroatoms. The Bertz CT molecular complexity index is 240. The summed E-state index contributed by atoms with van der Waals surface area (Å²) in [7, 11) is 13.2. The van der Waals surface area contributed by atoms with E-state index in [2.05, 4.69) is 0 Å². The molecule has 1 aromatic carbocycles. The summed E-state index contributed by atoms with van der Waals surface area (Å²) in [5.74, 6) is 0.808. The fourth-order valence-electron chi connectivity index (χ4n) is 0.716. The van der Waals surface area contributed by atoms with Crippen LogP contribution < -0.4 is 9.09 Å². The summed E-state index contributed by atoms with van der Waals surface area (Å²) in [6.07, 6.45) is 0. The van der Waals surface area contributed by atoms with Crippen LogP contribution in [-0.2, 0) is 0 Å². The molecule has 0 aliphatic rings. The summed E-state index contributed by atoms with van der Waals surface area (Å²) in [6, 6.07) is 7.55. The molecule has 0 spiro atoms.